The Morgan fingerprint density at radius 1 is 0.739 bits per heavy atom. The molecule has 2 nitrogen and oxygen atoms in total. The molecule has 0 saturated heterocycles. The van der Waals surface area contributed by atoms with Crippen molar-refractivity contribution in [2.24, 2.45) is 5.73 Å². The largest absolute Gasteiger partial charge is 0.497 e. The van der Waals surface area contributed by atoms with E-state index >= 15 is 0 Å². The summed E-state index contributed by atoms with van der Waals surface area (Å²) in [4.78, 5) is 0. The van der Waals surface area contributed by atoms with Crippen LogP contribution in [0.25, 0.3) is 0 Å². The molecule has 0 unspecified atom stereocenters. The minimum atomic E-state index is -0.558. The van der Waals surface area contributed by atoms with E-state index in [9.17, 15) is 0 Å². The minimum absolute atomic E-state index is 0.558. The molecule has 0 amide bonds. The van der Waals surface area contributed by atoms with Crippen molar-refractivity contribution in [1.29, 1.82) is 0 Å². The van der Waals surface area contributed by atoms with Gasteiger partial charge in [-0.2, -0.15) is 0 Å². The van der Waals surface area contributed by atoms with Crippen LogP contribution >= 0.6 is 0 Å². The Morgan fingerprint density at radius 3 is 1.65 bits per heavy atom. The maximum atomic E-state index is 6.91. The van der Waals surface area contributed by atoms with E-state index in [2.05, 4.69) is 36.4 Å². The molecule has 23 heavy (non-hydrogen) atoms. The maximum absolute atomic E-state index is 6.91. The third-order valence-corrected chi connectivity index (χ3v) is 4.22. The van der Waals surface area contributed by atoms with E-state index < -0.39 is 5.54 Å². The molecule has 0 aliphatic rings. The average molecular weight is 303 g/mol. The lowest BCUT2D eigenvalue weighted by Crippen LogP contribution is -2.40. The van der Waals surface area contributed by atoms with E-state index in [1.54, 1.807) is 7.11 Å². The molecule has 0 fully saturated rings. The van der Waals surface area contributed by atoms with E-state index in [0.29, 0.717) is 0 Å². The zero-order chi connectivity index (χ0) is 16.1. The summed E-state index contributed by atoms with van der Waals surface area (Å²) in [5.41, 5.74) is 9.76. The van der Waals surface area contributed by atoms with E-state index in [4.69, 9.17) is 10.5 Å². The quantitative estimate of drug-likeness (QED) is 0.769. The highest BCUT2D eigenvalue weighted by Gasteiger charge is 2.29. The normalized spacial score (nSPS) is 11.2. The van der Waals surface area contributed by atoms with Gasteiger partial charge in [0.15, 0.2) is 0 Å². The predicted octanol–water partition coefficient (Wildman–Crippen LogP) is 4.14. The summed E-state index contributed by atoms with van der Waals surface area (Å²) in [6.45, 7) is 0. The Morgan fingerprint density at radius 2 is 1.22 bits per heavy atom. The molecular weight excluding hydrogens is 282 g/mol. The van der Waals surface area contributed by atoms with Crippen molar-refractivity contribution < 1.29 is 4.74 Å². The molecule has 0 atom stereocenters. The molecule has 0 heterocycles. The third-order valence-electron chi connectivity index (χ3n) is 4.22. The van der Waals surface area contributed by atoms with Gasteiger partial charge in [-0.25, -0.2) is 0 Å². The van der Waals surface area contributed by atoms with Crippen molar-refractivity contribution >= 4 is 0 Å². The molecular formula is C21H21NO. The average Bonchev–Trinajstić information content (AvgIpc) is 2.64. The van der Waals surface area contributed by atoms with Crippen LogP contribution < -0.4 is 10.5 Å². The fraction of sp³-hybridized carbons (Fsp3) is 0.143. The van der Waals surface area contributed by atoms with Crippen LogP contribution in [0.15, 0.2) is 84.9 Å². The molecule has 0 aliphatic carbocycles. The van der Waals surface area contributed by atoms with E-state index in [1.807, 2.05) is 48.5 Å². The third kappa shape index (κ3) is 3.27. The van der Waals surface area contributed by atoms with E-state index in [0.717, 1.165) is 23.3 Å². The molecule has 0 saturated carbocycles. The summed E-state index contributed by atoms with van der Waals surface area (Å²) < 4.78 is 5.24. The number of nitrogens with two attached hydrogens (primary N) is 1. The second-order valence-corrected chi connectivity index (χ2v) is 5.73. The van der Waals surface area contributed by atoms with Gasteiger partial charge in [-0.1, -0.05) is 72.8 Å². The summed E-state index contributed by atoms with van der Waals surface area (Å²) in [7, 11) is 1.68. The molecule has 116 valence electrons. The van der Waals surface area contributed by atoms with Crippen LogP contribution in [-0.2, 0) is 12.0 Å². The van der Waals surface area contributed by atoms with Crippen molar-refractivity contribution in [3.05, 3.63) is 102 Å². The molecule has 0 spiro atoms. The topological polar surface area (TPSA) is 35.2 Å². The van der Waals surface area contributed by atoms with Gasteiger partial charge >= 0.3 is 0 Å². The Kier molecular flexibility index (Phi) is 4.45. The highest BCUT2D eigenvalue weighted by molar-refractivity contribution is 5.41. The first kappa shape index (κ1) is 15.3. The Balaban J connectivity index is 2.01. The standard InChI is InChI=1S/C21H21NO/c1-23-20-14-12-17(13-15-20)16-21(22,18-8-4-2-5-9-18)19-10-6-3-7-11-19/h2-15H,16,22H2,1H3. The fourth-order valence-electron chi connectivity index (χ4n) is 2.91. The summed E-state index contributed by atoms with van der Waals surface area (Å²) >= 11 is 0. The molecule has 0 radical (unpaired) electrons. The van der Waals surface area contributed by atoms with E-state index in [-0.39, 0.29) is 0 Å². The Labute approximate surface area is 137 Å². The van der Waals surface area contributed by atoms with Gasteiger partial charge in [-0.15, -0.1) is 0 Å². The van der Waals surface area contributed by atoms with Crippen molar-refractivity contribution in [3.63, 3.8) is 0 Å². The fourth-order valence-corrected chi connectivity index (χ4v) is 2.91. The van der Waals surface area contributed by atoms with Crippen molar-refractivity contribution in [1.82, 2.24) is 0 Å². The zero-order valence-electron chi connectivity index (χ0n) is 13.3. The lowest BCUT2D eigenvalue weighted by Gasteiger charge is -2.31. The van der Waals surface area contributed by atoms with Crippen molar-refractivity contribution in [3.8, 4) is 5.75 Å². The van der Waals surface area contributed by atoms with Crippen LogP contribution in [0.3, 0.4) is 0 Å². The van der Waals surface area contributed by atoms with E-state index in [1.165, 1.54) is 5.56 Å². The van der Waals surface area contributed by atoms with Gasteiger partial charge in [0, 0.05) is 0 Å². The summed E-state index contributed by atoms with van der Waals surface area (Å²) in [5.74, 6) is 0.857. The van der Waals surface area contributed by atoms with Crippen LogP contribution in [0.5, 0.6) is 5.75 Å². The number of rotatable bonds is 5. The summed E-state index contributed by atoms with van der Waals surface area (Å²) in [6, 6.07) is 28.7. The monoisotopic (exact) mass is 303 g/mol. The lowest BCUT2D eigenvalue weighted by molar-refractivity contribution is 0.414. The SMILES string of the molecule is COc1ccc(CC(N)(c2ccccc2)c2ccccc2)cc1. The number of ether oxygens (including phenoxy) is 1. The van der Waals surface area contributed by atoms with Crippen LogP contribution in [-0.4, -0.2) is 7.11 Å². The van der Waals surface area contributed by atoms with Crippen molar-refractivity contribution in [2.75, 3.05) is 7.11 Å². The van der Waals surface area contributed by atoms with Gasteiger partial charge in [0.2, 0.25) is 0 Å². The number of benzene rings is 3. The van der Waals surface area contributed by atoms with Crippen LogP contribution in [0.2, 0.25) is 0 Å². The second kappa shape index (κ2) is 6.67. The predicted molar refractivity (Wildman–Crippen MR) is 94.5 cm³/mol. The first-order valence-corrected chi connectivity index (χ1v) is 7.75. The zero-order valence-corrected chi connectivity index (χ0v) is 13.3. The summed E-state index contributed by atoms with van der Waals surface area (Å²) in [6.07, 6.45) is 0.727. The number of methoxy groups -OCH3 is 1. The molecule has 0 aliphatic heterocycles. The van der Waals surface area contributed by atoms with Crippen LogP contribution in [0, 0.1) is 0 Å². The smallest absolute Gasteiger partial charge is 0.118 e. The first-order chi connectivity index (χ1) is 11.2. The molecule has 3 aromatic rings. The lowest BCUT2D eigenvalue weighted by atomic mass is 9.79. The Bertz CT molecular complexity index is 696. The number of hydrogen-bond acceptors (Lipinski definition) is 2. The Hall–Kier alpha value is -2.58. The van der Waals surface area contributed by atoms with Gasteiger partial charge in [-0.3, -0.25) is 0 Å². The molecule has 3 rings (SSSR count). The first-order valence-electron chi connectivity index (χ1n) is 7.75. The molecule has 3 aromatic carbocycles. The van der Waals surface area contributed by atoms with Crippen molar-refractivity contribution in [2.45, 2.75) is 12.0 Å². The maximum Gasteiger partial charge on any atom is 0.118 e. The van der Waals surface area contributed by atoms with Gasteiger partial charge in [0.1, 0.15) is 5.75 Å². The van der Waals surface area contributed by atoms with Crippen LogP contribution in [0.1, 0.15) is 16.7 Å². The molecule has 0 aromatic heterocycles. The van der Waals surface area contributed by atoms with Gasteiger partial charge < -0.3 is 10.5 Å². The van der Waals surface area contributed by atoms with Crippen LogP contribution in [0.4, 0.5) is 0 Å². The molecule has 0 bridgehead atoms. The van der Waals surface area contributed by atoms with Gasteiger partial charge in [0.25, 0.3) is 0 Å². The highest BCUT2D eigenvalue weighted by Crippen LogP contribution is 2.31. The minimum Gasteiger partial charge on any atom is -0.497 e. The molecule has 2 heteroatoms. The highest BCUT2D eigenvalue weighted by atomic mass is 16.5. The summed E-state index contributed by atoms with van der Waals surface area (Å²) in [5, 5.41) is 0. The van der Waals surface area contributed by atoms with Gasteiger partial charge in [-0.05, 0) is 35.2 Å². The number of hydrogen-bond donors (Lipinski definition) is 1. The second-order valence-electron chi connectivity index (χ2n) is 5.73. The van der Waals surface area contributed by atoms with Gasteiger partial charge in [0.05, 0.1) is 12.6 Å². The molecule has 2 N–H and O–H groups in total.